The summed E-state index contributed by atoms with van der Waals surface area (Å²) < 4.78 is 51.9. The molecule has 0 saturated carbocycles. The van der Waals surface area contributed by atoms with Crippen LogP contribution in [0.25, 0.3) is 11.3 Å². The fraction of sp³-hybridized carbons (Fsp3) is 0.208. The summed E-state index contributed by atoms with van der Waals surface area (Å²) in [5, 5.41) is 12.1. The summed E-state index contributed by atoms with van der Waals surface area (Å²) in [5.41, 5.74) is -0.474. The van der Waals surface area contributed by atoms with E-state index in [9.17, 15) is 23.2 Å². The van der Waals surface area contributed by atoms with E-state index >= 15 is 0 Å². The molecule has 1 N–H and O–H groups in total. The predicted octanol–water partition coefficient (Wildman–Crippen LogP) is 5.34. The molecular formula is C24H18F3N3O3S. The van der Waals surface area contributed by atoms with Gasteiger partial charge in [-0.2, -0.15) is 18.4 Å². The Labute approximate surface area is 197 Å². The molecule has 0 spiro atoms. The van der Waals surface area contributed by atoms with Gasteiger partial charge in [-0.05, 0) is 36.8 Å². The van der Waals surface area contributed by atoms with E-state index in [1.807, 2.05) is 30.3 Å². The van der Waals surface area contributed by atoms with Crippen molar-refractivity contribution in [3.8, 4) is 28.8 Å². The van der Waals surface area contributed by atoms with Crippen LogP contribution < -0.4 is 14.8 Å². The fourth-order valence-corrected chi connectivity index (χ4v) is 4.22. The minimum Gasteiger partial charge on any atom is -0.454 e. The summed E-state index contributed by atoms with van der Waals surface area (Å²) in [7, 11) is 0. The van der Waals surface area contributed by atoms with E-state index in [-0.39, 0.29) is 29.3 Å². The highest BCUT2D eigenvalue weighted by Crippen LogP contribution is 2.40. The number of pyridine rings is 1. The molecule has 0 unspecified atom stereocenters. The zero-order valence-corrected chi connectivity index (χ0v) is 18.7. The number of fused-ring (bicyclic) bond motifs is 1. The molecule has 2 aromatic carbocycles. The number of aromatic nitrogens is 1. The Hall–Kier alpha value is -3.71. The first-order chi connectivity index (χ1) is 16.3. The van der Waals surface area contributed by atoms with Crippen molar-refractivity contribution in [1.29, 1.82) is 5.26 Å². The number of hydrogen-bond acceptors (Lipinski definition) is 6. The Morgan fingerprint density at radius 3 is 2.62 bits per heavy atom. The van der Waals surface area contributed by atoms with Crippen LogP contribution in [-0.2, 0) is 11.0 Å². The maximum atomic E-state index is 13.8. The Balaban J connectivity index is 1.61. The number of carbonyl (C=O) groups excluding carboxylic acids is 1. The molecule has 2 heterocycles. The number of alkyl halides is 3. The van der Waals surface area contributed by atoms with E-state index in [2.05, 4.69) is 10.3 Å². The van der Waals surface area contributed by atoms with Crippen molar-refractivity contribution >= 4 is 17.7 Å². The lowest BCUT2D eigenvalue weighted by Gasteiger charge is -2.16. The average Bonchev–Trinajstić information content (AvgIpc) is 3.30. The zero-order chi connectivity index (χ0) is 24.3. The molecule has 1 atom stereocenters. The number of thioether (sulfide) groups is 1. The van der Waals surface area contributed by atoms with Crippen LogP contribution in [0.4, 0.5) is 13.2 Å². The summed E-state index contributed by atoms with van der Waals surface area (Å²) >= 11 is 0.780. The molecule has 1 aliphatic rings. The van der Waals surface area contributed by atoms with Crippen LogP contribution in [-0.4, -0.2) is 23.4 Å². The molecule has 3 aromatic rings. The highest BCUT2D eigenvalue weighted by Gasteiger charge is 2.36. The number of amides is 1. The number of nitrogens with zero attached hydrogens (tertiary/aromatic N) is 2. The number of nitrogens with one attached hydrogen (secondary N) is 1. The number of nitriles is 1. The fourth-order valence-electron chi connectivity index (χ4n) is 3.40. The number of carbonyl (C=O) groups is 1. The molecule has 0 radical (unpaired) electrons. The van der Waals surface area contributed by atoms with Crippen LogP contribution in [0.3, 0.4) is 0 Å². The van der Waals surface area contributed by atoms with Crippen LogP contribution in [0.1, 0.15) is 29.7 Å². The lowest BCUT2D eigenvalue weighted by molar-refractivity contribution is -0.138. The Morgan fingerprint density at radius 1 is 1.18 bits per heavy atom. The second-order valence-corrected chi connectivity index (χ2v) is 8.37. The largest absolute Gasteiger partial charge is 0.454 e. The molecule has 1 aliphatic heterocycles. The standard InChI is InChI=1S/C24H18F3N3O3S/c1-14(15-5-3-2-4-6-15)29-22(31)12-34-23-17(11-28)18(24(25,26)27)10-19(30-23)16-7-8-20-21(9-16)33-13-32-20/h2-10,14H,12-13H2,1H3,(H,29,31)/t14-/m0/s1. The van der Waals surface area contributed by atoms with Crippen LogP contribution in [0.2, 0.25) is 0 Å². The lowest BCUT2D eigenvalue weighted by Crippen LogP contribution is -2.28. The molecule has 0 bridgehead atoms. The van der Waals surface area contributed by atoms with Crippen molar-refractivity contribution in [3.05, 3.63) is 71.3 Å². The maximum absolute atomic E-state index is 13.8. The molecule has 10 heteroatoms. The van der Waals surface area contributed by atoms with Gasteiger partial charge in [0.25, 0.3) is 0 Å². The molecule has 174 valence electrons. The molecule has 4 rings (SSSR count). The van der Waals surface area contributed by atoms with E-state index in [1.165, 1.54) is 6.07 Å². The molecule has 0 fully saturated rings. The van der Waals surface area contributed by atoms with Gasteiger partial charge in [-0.25, -0.2) is 4.98 Å². The van der Waals surface area contributed by atoms with Crippen molar-refractivity contribution in [2.75, 3.05) is 12.5 Å². The van der Waals surface area contributed by atoms with Gasteiger partial charge in [0.05, 0.1) is 28.6 Å². The first kappa shape index (κ1) is 23.4. The third-order valence-corrected chi connectivity index (χ3v) is 6.06. The van der Waals surface area contributed by atoms with Gasteiger partial charge in [0.1, 0.15) is 11.1 Å². The number of hydrogen-bond donors (Lipinski definition) is 1. The number of ether oxygens (including phenoxy) is 2. The van der Waals surface area contributed by atoms with Crippen LogP contribution in [0.5, 0.6) is 11.5 Å². The van der Waals surface area contributed by atoms with Crippen molar-refractivity contribution in [2.45, 2.75) is 24.2 Å². The number of rotatable bonds is 6. The van der Waals surface area contributed by atoms with E-state index in [0.717, 1.165) is 23.4 Å². The summed E-state index contributed by atoms with van der Waals surface area (Å²) in [5.74, 6) is 0.267. The van der Waals surface area contributed by atoms with Gasteiger partial charge in [0.2, 0.25) is 12.7 Å². The summed E-state index contributed by atoms with van der Waals surface area (Å²) in [6, 6.07) is 16.1. The van der Waals surface area contributed by atoms with Gasteiger partial charge in [-0.3, -0.25) is 4.79 Å². The Kier molecular flexibility index (Phi) is 6.65. The summed E-state index contributed by atoms with van der Waals surface area (Å²) in [6.07, 6.45) is -4.78. The second-order valence-electron chi connectivity index (χ2n) is 7.40. The number of benzene rings is 2. The summed E-state index contributed by atoms with van der Waals surface area (Å²) in [4.78, 5) is 16.8. The molecule has 1 aromatic heterocycles. The van der Waals surface area contributed by atoms with Gasteiger partial charge >= 0.3 is 6.18 Å². The quantitative estimate of drug-likeness (QED) is 0.475. The molecule has 6 nitrogen and oxygen atoms in total. The maximum Gasteiger partial charge on any atom is 0.417 e. The van der Waals surface area contributed by atoms with Crippen LogP contribution in [0, 0.1) is 11.3 Å². The van der Waals surface area contributed by atoms with Crippen molar-refractivity contribution in [3.63, 3.8) is 0 Å². The molecule has 1 amide bonds. The monoisotopic (exact) mass is 485 g/mol. The normalized spacial score (nSPS) is 13.3. The van der Waals surface area contributed by atoms with Crippen molar-refractivity contribution in [2.24, 2.45) is 0 Å². The minimum absolute atomic E-state index is 0.00480. The minimum atomic E-state index is -4.78. The van der Waals surface area contributed by atoms with Gasteiger partial charge in [-0.1, -0.05) is 42.1 Å². The second kappa shape index (κ2) is 9.65. The molecule has 34 heavy (non-hydrogen) atoms. The van der Waals surface area contributed by atoms with Crippen molar-refractivity contribution in [1.82, 2.24) is 10.3 Å². The van der Waals surface area contributed by atoms with E-state index in [0.29, 0.717) is 17.1 Å². The van der Waals surface area contributed by atoms with Gasteiger partial charge in [0.15, 0.2) is 11.5 Å². The highest BCUT2D eigenvalue weighted by molar-refractivity contribution is 8.00. The third-order valence-electron chi connectivity index (χ3n) is 5.09. The SMILES string of the molecule is C[C@H](NC(=O)CSc1nc(-c2ccc3c(c2)OCO3)cc(C(F)(F)F)c1C#N)c1ccccc1. The molecule has 0 aliphatic carbocycles. The van der Waals surface area contributed by atoms with E-state index in [1.54, 1.807) is 25.1 Å². The molecule has 0 saturated heterocycles. The third kappa shape index (κ3) is 5.10. The van der Waals surface area contributed by atoms with Gasteiger partial charge < -0.3 is 14.8 Å². The summed E-state index contributed by atoms with van der Waals surface area (Å²) in [6.45, 7) is 1.82. The smallest absolute Gasteiger partial charge is 0.417 e. The zero-order valence-electron chi connectivity index (χ0n) is 17.8. The Morgan fingerprint density at radius 2 is 1.91 bits per heavy atom. The first-order valence-corrected chi connectivity index (χ1v) is 11.1. The first-order valence-electron chi connectivity index (χ1n) is 10.2. The number of halogens is 3. The predicted molar refractivity (Wildman–Crippen MR) is 119 cm³/mol. The van der Waals surface area contributed by atoms with Gasteiger partial charge in [0, 0.05) is 5.56 Å². The topological polar surface area (TPSA) is 84.2 Å². The highest BCUT2D eigenvalue weighted by atomic mass is 32.2. The lowest BCUT2D eigenvalue weighted by atomic mass is 10.0. The van der Waals surface area contributed by atoms with Crippen molar-refractivity contribution < 1.29 is 27.4 Å². The van der Waals surface area contributed by atoms with Crippen LogP contribution >= 0.6 is 11.8 Å². The van der Waals surface area contributed by atoms with Gasteiger partial charge in [-0.15, -0.1) is 0 Å². The van der Waals surface area contributed by atoms with E-state index < -0.39 is 23.2 Å². The molecular weight excluding hydrogens is 467 g/mol. The Bertz CT molecular complexity index is 1260. The van der Waals surface area contributed by atoms with Crippen LogP contribution in [0.15, 0.2) is 59.6 Å². The van der Waals surface area contributed by atoms with E-state index in [4.69, 9.17) is 9.47 Å². The average molecular weight is 485 g/mol.